The third-order valence-corrected chi connectivity index (χ3v) is 3.00. The van der Waals surface area contributed by atoms with E-state index in [9.17, 15) is 9.59 Å². The van der Waals surface area contributed by atoms with Crippen molar-refractivity contribution in [3.05, 3.63) is 0 Å². The molecule has 20 heavy (non-hydrogen) atoms. The third-order valence-electron chi connectivity index (χ3n) is 3.00. The van der Waals surface area contributed by atoms with Crippen LogP contribution in [-0.4, -0.2) is 24.6 Å². The van der Waals surface area contributed by atoms with Crippen LogP contribution in [0.15, 0.2) is 0 Å². The molecule has 0 aliphatic rings. The van der Waals surface area contributed by atoms with E-state index >= 15 is 0 Å². The van der Waals surface area contributed by atoms with Gasteiger partial charge >= 0.3 is 11.9 Å². The zero-order valence-electron chi connectivity index (χ0n) is 13.4. The summed E-state index contributed by atoms with van der Waals surface area (Å²) in [5.74, 6) is -0.348. The highest BCUT2D eigenvalue weighted by Gasteiger charge is 2.17. The second kappa shape index (κ2) is 11.7. The van der Waals surface area contributed by atoms with Gasteiger partial charge < -0.3 is 9.47 Å². The highest BCUT2D eigenvalue weighted by molar-refractivity contribution is 5.91. The van der Waals surface area contributed by atoms with E-state index in [-0.39, 0.29) is 12.5 Å². The average Bonchev–Trinajstić information content (AvgIpc) is 2.35. The number of hydrogen-bond donors (Lipinski definition) is 0. The molecule has 0 amide bonds. The van der Waals surface area contributed by atoms with Crippen molar-refractivity contribution in [2.75, 3.05) is 6.61 Å². The summed E-state index contributed by atoms with van der Waals surface area (Å²) in [5.41, 5.74) is 0. The van der Waals surface area contributed by atoms with Crippen molar-refractivity contribution in [1.82, 2.24) is 0 Å². The van der Waals surface area contributed by atoms with Crippen molar-refractivity contribution >= 4 is 11.9 Å². The first kappa shape index (κ1) is 18.9. The molecule has 0 rings (SSSR count). The molecule has 0 aromatic heterocycles. The predicted octanol–water partition coefficient (Wildman–Crippen LogP) is 3.87. The molecule has 0 fully saturated rings. The maximum absolute atomic E-state index is 11.6. The predicted molar refractivity (Wildman–Crippen MR) is 79.3 cm³/mol. The number of hydrogen-bond acceptors (Lipinski definition) is 4. The van der Waals surface area contributed by atoms with Crippen LogP contribution in [0.1, 0.15) is 72.6 Å². The van der Waals surface area contributed by atoms with E-state index in [1.807, 2.05) is 0 Å². The van der Waals surface area contributed by atoms with E-state index in [4.69, 9.17) is 9.47 Å². The van der Waals surface area contributed by atoms with E-state index in [2.05, 4.69) is 27.7 Å². The largest absolute Gasteiger partial charge is 0.465 e. The molecule has 0 unspecified atom stereocenters. The van der Waals surface area contributed by atoms with Gasteiger partial charge in [-0.3, -0.25) is 9.59 Å². The molecule has 118 valence electrons. The molecular weight excluding hydrogens is 256 g/mol. The third kappa shape index (κ3) is 10.8. The van der Waals surface area contributed by atoms with Crippen LogP contribution in [0.25, 0.3) is 0 Å². The number of carbonyl (C=O) groups is 2. The minimum Gasteiger partial charge on any atom is -0.465 e. The normalized spacial score (nSPS) is 10.9. The Morgan fingerprint density at radius 1 is 0.950 bits per heavy atom. The maximum Gasteiger partial charge on any atom is 0.317 e. The highest BCUT2D eigenvalue weighted by Crippen LogP contribution is 2.10. The van der Waals surface area contributed by atoms with Crippen molar-refractivity contribution in [3.63, 3.8) is 0 Å². The summed E-state index contributed by atoms with van der Waals surface area (Å²) >= 11 is 0. The molecule has 0 aromatic rings. The monoisotopic (exact) mass is 286 g/mol. The summed E-state index contributed by atoms with van der Waals surface area (Å²) in [6.45, 7) is 8.75. The Morgan fingerprint density at radius 2 is 1.55 bits per heavy atom. The van der Waals surface area contributed by atoms with Crippen molar-refractivity contribution in [1.29, 1.82) is 0 Å². The zero-order chi connectivity index (χ0) is 15.4. The highest BCUT2D eigenvalue weighted by atomic mass is 16.6. The fourth-order valence-corrected chi connectivity index (χ4v) is 1.98. The van der Waals surface area contributed by atoms with Crippen LogP contribution >= 0.6 is 0 Å². The molecule has 0 N–H and O–H groups in total. The molecule has 0 radical (unpaired) electrons. The molecule has 0 bridgehead atoms. The van der Waals surface area contributed by atoms with E-state index in [0.29, 0.717) is 12.5 Å². The Labute approximate surface area is 123 Å². The molecule has 4 nitrogen and oxygen atoms in total. The number of carbonyl (C=O) groups excluding carboxylic acids is 2. The summed E-state index contributed by atoms with van der Waals surface area (Å²) in [4.78, 5) is 23.1. The first-order valence-electron chi connectivity index (χ1n) is 7.84. The molecule has 0 atom stereocenters. The fraction of sp³-hybridized carbons (Fsp3) is 0.875. The summed E-state index contributed by atoms with van der Waals surface area (Å²) in [5, 5.41) is 0. The number of rotatable bonds is 11. The van der Waals surface area contributed by atoms with Crippen LogP contribution in [0.4, 0.5) is 0 Å². The maximum atomic E-state index is 11.6. The summed E-state index contributed by atoms with van der Waals surface area (Å²) in [7, 11) is 0. The smallest absolute Gasteiger partial charge is 0.317 e. The Balaban J connectivity index is 3.85. The topological polar surface area (TPSA) is 52.6 Å². The van der Waals surface area contributed by atoms with Gasteiger partial charge in [0.25, 0.3) is 0 Å². The fourth-order valence-electron chi connectivity index (χ4n) is 1.98. The van der Waals surface area contributed by atoms with Crippen molar-refractivity contribution < 1.29 is 19.1 Å². The summed E-state index contributed by atoms with van der Waals surface area (Å²) < 4.78 is 10.3. The van der Waals surface area contributed by atoms with Crippen LogP contribution in [0, 0.1) is 5.92 Å². The standard InChI is InChI=1S/C16H30O4/c1-5-8-14(9-6-2)20-16(18)12-15(17)19-11-7-10-13(3)4/h13-14H,5-12H2,1-4H3. The Hall–Kier alpha value is -1.06. The molecule has 0 aliphatic carbocycles. The lowest BCUT2D eigenvalue weighted by Crippen LogP contribution is -2.21. The summed E-state index contributed by atoms with van der Waals surface area (Å²) in [6, 6.07) is 0. The molecule has 0 aliphatic heterocycles. The quantitative estimate of drug-likeness (QED) is 0.329. The van der Waals surface area contributed by atoms with Crippen LogP contribution in [-0.2, 0) is 19.1 Å². The second-order valence-electron chi connectivity index (χ2n) is 5.62. The zero-order valence-corrected chi connectivity index (χ0v) is 13.4. The van der Waals surface area contributed by atoms with Gasteiger partial charge in [0.05, 0.1) is 6.61 Å². The second-order valence-corrected chi connectivity index (χ2v) is 5.62. The lowest BCUT2D eigenvalue weighted by atomic mass is 10.1. The first-order chi connectivity index (χ1) is 9.49. The Kier molecular flexibility index (Phi) is 11.1. The molecule has 0 aromatic carbocycles. The lowest BCUT2D eigenvalue weighted by molar-refractivity contribution is -0.158. The molecule has 4 heteroatoms. The van der Waals surface area contributed by atoms with Crippen molar-refractivity contribution in [2.45, 2.75) is 78.7 Å². The van der Waals surface area contributed by atoms with Crippen LogP contribution in [0.2, 0.25) is 0 Å². The van der Waals surface area contributed by atoms with Crippen LogP contribution in [0.5, 0.6) is 0 Å². The van der Waals surface area contributed by atoms with E-state index < -0.39 is 11.9 Å². The Morgan fingerprint density at radius 3 is 2.05 bits per heavy atom. The molecular formula is C16H30O4. The van der Waals surface area contributed by atoms with Crippen LogP contribution in [0.3, 0.4) is 0 Å². The minimum absolute atomic E-state index is 0.0637. The average molecular weight is 286 g/mol. The first-order valence-corrected chi connectivity index (χ1v) is 7.84. The SMILES string of the molecule is CCCC(CCC)OC(=O)CC(=O)OCCCC(C)C. The van der Waals surface area contributed by atoms with Gasteiger partial charge in [-0.15, -0.1) is 0 Å². The van der Waals surface area contributed by atoms with E-state index in [1.54, 1.807) is 0 Å². The molecule has 0 spiro atoms. The van der Waals surface area contributed by atoms with Gasteiger partial charge in [0.2, 0.25) is 0 Å². The van der Waals surface area contributed by atoms with Gasteiger partial charge in [-0.1, -0.05) is 40.5 Å². The van der Waals surface area contributed by atoms with Crippen molar-refractivity contribution in [2.24, 2.45) is 5.92 Å². The van der Waals surface area contributed by atoms with Crippen LogP contribution < -0.4 is 0 Å². The van der Waals surface area contributed by atoms with Gasteiger partial charge in [-0.2, -0.15) is 0 Å². The lowest BCUT2D eigenvalue weighted by Gasteiger charge is -2.16. The van der Waals surface area contributed by atoms with E-state index in [0.717, 1.165) is 38.5 Å². The molecule has 0 saturated carbocycles. The van der Waals surface area contributed by atoms with Crippen molar-refractivity contribution in [3.8, 4) is 0 Å². The van der Waals surface area contributed by atoms with Gasteiger partial charge in [0, 0.05) is 0 Å². The van der Waals surface area contributed by atoms with Gasteiger partial charge in [-0.05, 0) is 31.6 Å². The Bertz CT molecular complexity index is 268. The van der Waals surface area contributed by atoms with E-state index in [1.165, 1.54) is 0 Å². The van der Waals surface area contributed by atoms with Gasteiger partial charge in [0.1, 0.15) is 12.5 Å². The molecule has 0 saturated heterocycles. The van der Waals surface area contributed by atoms with Gasteiger partial charge in [-0.25, -0.2) is 0 Å². The summed E-state index contributed by atoms with van der Waals surface area (Å²) in [6.07, 6.45) is 5.16. The number of ether oxygens (including phenoxy) is 2. The van der Waals surface area contributed by atoms with Gasteiger partial charge in [0.15, 0.2) is 0 Å². The number of esters is 2. The minimum atomic E-state index is -0.481. The molecule has 0 heterocycles.